The average molecular weight is 243 g/mol. The van der Waals surface area contributed by atoms with Gasteiger partial charge < -0.3 is 15.2 Å². The molecular formula is C11H15ClN2O2. The number of pyridine rings is 1. The summed E-state index contributed by atoms with van der Waals surface area (Å²) >= 11 is 5.74. The van der Waals surface area contributed by atoms with Gasteiger partial charge in [0.25, 0.3) is 0 Å². The highest BCUT2D eigenvalue weighted by atomic mass is 35.5. The van der Waals surface area contributed by atoms with Crippen LogP contribution in [0.25, 0.3) is 0 Å². The molecule has 1 unspecified atom stereocenters. The fraction of sp³-hybridized carbons (Fsp3) is 0.545. The van der Waals surface area contributed by atoms with Crippen molar-refractivity contribution in [2.75, 3.05) is 18.9 Å². The maximum Gasteiger partial charge on any atom is 0.237 e. The average Bonchev–Trinajstić information content (AvgIpc) is 2.29. The van der Waals surface area contributed by atoms with Crippen molar-refractivity contribution in [3.05, 3.63) is 17.3 Å². The summed E-state index contributed by atoms with van der Waals surface area (Å²) in [6, 6.07) is 1.63. The van der Waals surface area contributed by atoms with Crippen LogP contribution in [-0.4, -0.2) is 24.3 Å². The quantitative estimate of drug-likeness (QED) is 0.884. The Balaban J connectivity index is 1.88. The Hall–Kier alpha value is -1.00. The van der Waals surface area contributed by atoms with E-state index in [1.54, 1.807) is 6.07 Å². The molecule has 0 radical (unpaired) electrons. The van der Waals surface area contributed by atoms with E-state index in [-0.39, 0.29) is 6.10 Å². The lowest BCUT2D eigenvalue weighted by molar-refractivity contribution is -0.0117. The van der Waals surface area contributed by atoms with Crippen LogP contribution >= 0.6 is 11.6 Å². The number of aromatic nitrogens is 1. The van der Waals surface area contributed by atoms with Crippen LogP contribution in [0, 0.1) is 0 Å². The molecule has 0 aromatic carbocycles. The van der Waals surface area contributed by atoms with Gasteiger partial charge in [-0.1, -0.05) is 11.6 Å². The summed E-state index contributed by atoms with van der Waals surface area (Å²) in [6.07, 6.45) is 5.04. The predicted octanol–water partition coefficient (Wildman–Crippen LogP) is 2.27. The molecule has 0 saturated carbocycles. The monoisotopic (exact) mass is 242 g/mol. The first-order valence-corrected chi connectivity index (χ1v) is 5.79. The van der Waals surface area contributed by atoms with Gasteiger partial charge >= 0.3 is 0 Å². The number of nitrogens with zero attached hydrogens (tertiary/aromatic N) is 1. The smallest absolute Gasteiger partial charge is 0.237 e. The fourth-order valence-electron chi connectivity index (χ4n) is 1.67. The van der Waals surface area contributed by atoms with Crippen molar-refractivity contribution in [1.82, 2.24) is 4.98 Å². The van der Waals surface area contributed by atoms with E-state index >= 15 is 0 Å². The molecule has 5 heteroatoms. The van der Waals surface area contributed by atoms with E-state index in [0.29, 0.717) is 23.2 Å². The fourth-order valence-corrected chi connectivity index (χ4v) is 1.84. The third kappa shape index (κ3) is 3.00. The molecule has 1 saturated heterocycles. The molecule has 1 aliphatic rings. The van der Waals surface area contributed by atoms with Crippen molar-refractivity contribution in [3.8, 4) is 5.88 Å². The predicted molar refractivity (Wildman–Crippen MR) is 62.7 cm³/mol. The zero-order valence-electron chi connectivity index (χ0n) is 8.99. The standard InChI is InChI=1S/C11H15ClN2O2/c12-8-5-10(13)11(14-6-8)16-7-9-3-1-2-4-15-9/h5-6,9H,1-4,7,13H2. The number of hydrogen-bond acceptors (Lipinski definition) is 4. The molecule has 0 bridgehead atoms. The molecular weight excluding hydrogens is 228 g/mol. The van der Waals surface area contributed by atoms with Crippen molar-refractivity contribution in [3.63, 3.8) is 0 Å². The highest BCUT2D eigenvalue weighted by Crippen LogP contribution is 2.22. The molecule has 88 valence electrons. The number of anilines is 1. The van der Waals surface area contributed by atoms with Gasteiger partial charge in [-0.05, 0) is 25.3 Å². The molecule has 1 aromatic rings. The van der Waals surface area contributed by atoms with E-state index in [4.69, 9.17) is 26.8 Å². The van der Waals surface area contributed by atoms with Crippen molar-refractivity contribution in [1.29, 1.82) is 0 Å². The zero-order chi connectivity index (χ0) is 11.4. The van der Waals surface area contributed by atoms with Gasteiger partial charge in [-0.2, -0.15) is 0 Å². The van der Waals surface area contributed by atoms with E-state index in [0.717, 1.165) is 19.4 Å². The molecule has 2 N–H and O–H groups in total. The van der Waals surface area contributed by atoms with Gasteiger partial charge in [0.15, 0.2) is 0 Å². The number of hydrogen-bond donors (Lipinski definition) is 1. The Morgan fingerprint density at radius 1 is 1.56 bits per heavy atom. The Labute approximate surface area is 99.7 Å². The summed E-state index contributed by atoms with van der Waals surface area (Å²) in [7, 11) is 0. The first kappa shape index (κ1) is 11.5. The maximum atomic E-state index is 5.74. The molecule has 0 amide bonds. The van der Waals surface area contributed by atoms with Crippen LogP contribution in [0.15, 0.2) is 12.3 Å². The number of halogens is 1. The van der Waals surface area contributed by atoms with Gasteiger partial charge in [0.2, 0.25) is 5.88 Å². The van der Waals surface area contributed by atoms with Gasteiger partial charge in [-0.25, -0.2) is 4.98 Å². The molecule has 1 aliphatic heterocycles. The number of rotatable bonds is 3. The minimum absolute atomic E-state index is 0.158. The summed E-state index contributed by atoms with van der Waals surface area (Å²) < 4.78 is 11.1. The number of nitrogens with two attached hydrogens (primary N) is 1. The van der Waals surface area contributed by atoms with E-state index in [2.05, 4.69) is 4.98 Å². The summed E-state index contributed by atoms with van der Waals surface area (Å²) in [6.45, 7) is 1.32. The van der Waals surface area contributed by atoms with E-state index in [1.807, 2.05) is 0 Å². The third-order valence-electron chi connectivity index (χ3n) is 2.53. The van der Waals surface area contributed by atoms with Gasteiger partial charge in [0.05, 0.1) is 16.8 Å². The summed E-state index contributed by atoms with van der Waals surface area (Å²) in [5, 5.41) is 0.513. The Morgan fingerprint density at radius 2 is 2.44 bits per heavy atom. The topological polar surface area (TPSA) is 57.4 Å². The Bertz CT molecular complexity index is 354. The molecule has 2 rings (SSSR count). The van der Waals surface area contributed by atoms with Crippen LogP contribution in [0.2, 0.25) is 5.02 Å². The largest absolute Gasteiger partial charge is 0.473 e. The van der Waals surface area contributed by atoms with Gasteiger partial charge in [0.1, 0.15) is 6.61 Å². The second-order valence-corrected chi connectivity index (χ2v) is 4.28. The molecule has 4 nitrogen and oxygen atoms in total. The summed E-state index contributed by atoms with van der Waals surface area (Å²) in [4.78, 5) is 4.03. The van der Waals surface area contributed by atoms with Crippen molar-refractivity contribution in [2.24, 2.45) is 0 Å². The lowest BCUT2D eigenvalue weighted by atomic mass is 10.1. The van der Waals surface area contributed by atoms with Crippen molar-refractivity contribution in [2.45, 2.75) is 25.4 Å². The van der Waals surface area contributed by atoms with Gasteiger partial charge in [-0.15, -0.1) is 0 Å². The number of nitrogen functional groups attached to an aromatic ring is 1. The van der Waals surface area contributed by atoms with E-state index < -0.39 is 0 Å². The maximum absolute atomic E-state index is 5.74. The minimum Gasteiger partial charge on any atom is -0.473 e. The normalized spacial score (nSPS) is 20.7. The van der Waals surface area contributed by atoms with Crippen LogP contribution in [0.3, 0.4) is 0 Å². The first-order valence-electron chi connectivity index (χ1n) is 5.41. The van der Waals surface area contributed by atoms with Crippen LogP contribution in [-0.2, 0) is 4.74 Å². The molecule has 1 fully saturated rings. The second kappa shape index (κ2) is 5.37. The van der Waals surface area contributed by atoms with E-state index in [1.165, 1.54) is 12.6 Å². The van der Waals surface area contributed by atoms with Crippen LogP contribution in [0.4, 0.5) is 5.69 Å². The summed E-state index contributed by atoms with van der Waals surface area (Å²) in [5.74, 6) is 0.429. The van der Waals surface area contributed by atoms with Gasteiger partial charge in [0, 0.05) is 12.8 Å². The van der Waals surface area contributed by atoms with E-state index in [9.17, 15) is 0 Å². The highest BCUT2D eigenvalue weighted by molar-refractivity contribution is 6.30. The lowest BCUT2D eigenvalue weighted by Crippen LogP contribution is -2.26. The Kier molecular flexibility index (Phi) is 3.85. The molecule has 16 heavy (non-hydrogen) atoms. The highest BCUT2D eigenvalue weighted by Gasteiger charge is 2.15. The molecule has 0 aliphatic carbocycles. The zero-order valence-corrected chi connectivity index (χ0v) is 9.74. The van der Waals surface area contributed by atoms with Crippen LogP contribution < -0.4 is 10.5 Å². The minimum atomic E-state index is 0.158. The van der Waals surface area contributed by atoms with Crippen molar-refractivity contribution >= 4 is 17.3 Å². The molecule has 0 spiro atoms. The van der Waals surface area contributed by atoms with Crippen molar-refractivity contribution < 1.29 is 9.47 Å². The van der Waals surface area contributed by atoms with Crippen LogP contribution in [0.5, 0.6) is 5.88 Å². The first-order chi connectivity index (χ1) is 7.75. The Morgan fingerprint density at radius 3 is 3.12 bits per heavy atom. The summed E-state index contributed by atoms with van der Waals surface area (Å²) in [5.41, 5.74) is 6.19. The molecule has 2 heterocycles. The SMILES string of the molecule is Nc1cc(Cl)cnc1OCC1CCCCO1. The second-order valence-electron chi connectivity index (χ2n) is 3.85. The third-order valence-corrected chi connectivity index (χ3v) is 2.73. The number of ether oxygens (including phenoxy) is 2. The molecule has 1 atom stereocenters. The molecule has 1 aromatic heterocycles. The lowest BCUT2D eigenvalue weighted by Gasteiger charge is -2.22. The van der Waals surface area contributed by atoms with Gasteiger partial charge in [-0.3, -0.25) is 0 Å². The van der Waals surface area contributed by atoms with Crippen LogP contribution in [0.1, 0.15) is 19.3 Å².